The molecule has 0 saturated carbocycles. The van der Waals surface area contributed by atoms with Gasteiger partial charge in [0.2, 0.25) is 0 Å². The van der Waals surface area contributed by atoms with E-state index in [0.717, 1.165) is 37.4 Å². The molecule has 0 aromatic heterocycles. The van der Waals surface area contributed by atoms with Gasteiger partial charge in [0.15, 0.2) is 0 Å². The van der Waals surface area contributed by atoms with Crippen molar-refractivity contribution >= 4 is 5.71 Å². The fraction of sp³-hybridized carbons (Fsp3) is 0.703. The largest absolute Gasteiger partial charge is 0.372 e. The maximum absolute atomic E-state index is 9.44. The Balaban J connectivity index is 1.89. The van der Waals surface area contributed by atoms with E-state index in [0.29, 0.717) is 11.3 Å². The molecule has 1 aliphatic heterocycles. The smallest absolute Gasteiger partial charge is 0.0440 e. The molecule has 218 valence electrons. The molecule has 0 bridgehead atoms. The summed E-state index contributed by atoms with van der Waals surface area (Å²) in [6.07, 6.45) is 17.6. The highest BCUT2D eigenvalue weighted by atomic mass is 15.2. The first-order valence-corrected chi connectivity index (χ1v) is 15.7. The van der Waals surface area contributed by atoms with Crippen molar-refractivity contribution in [1.29, 1.82) is 5.41 Å². The predicted molar refractivity (Wildman–Crippen MR) is 172 cm³/mol. The third-order valence-corrected chi connectivity index (χ3v) is 10.6. The van der Waals surface area contributed by atoms with E-state index in [2.05, 4.69) is 125 Å². The summed E-state index contributed by atoms with van der Waals surface area (Å²) < 4.78 is 0. The molecular weight excluding hydrogens is 472 g/mol. The van der Waals surface area contributed by atoms with Gasteiger partial charge in [-0.2, -0.15) is 0 Å². The second-order valence-corrected chi connectivity index (χ2v) is 16.1. The van der Waals surface area contributed by atoms with Gasteiger partial charge in [0.25, 0.3) is 0 Å². The van der Waals surface area contributed by atoms with Gasteiger partial charge in [-0.3, -0.25) is 0 Å². The van der Waals surface area contributed by atoms with Gasteiger partial charge >= 0.3 is 0 Å². The van der Waals surface area contributed by atoms with Crippen molar-refractivity contribution in [3.8, 4) is 0 Å². The molecule has 2 nitrogen and oxygen atoms in total. The predicted octanol–water partition coefficient (Wildman–Crippen LogP) is 10.6. The second kappa shape index (κ2) is 11.2. The molecule has 3 aliphatic rings. The summed E-state index contributed by atoms with van der Waals surface area (Å²) in [7, 11) is 0. The second-order valence-electron chi connectivity index (χ2n) is 16.1. The Morgan fingerprint density at radius 3 is 2.23 bits per heavy atom. The van der Waals surface area contributed by atoms with Crippen molar-refractivity contribution in [3.63, 3.8) is 0 Å². The van der Waals surface area contributed by atoms with E-state index in [-0.39, 0.29) is 28.2 Å². The minimum Gasteiger partial charge on any atom is -0.372 e. The average molecular weight is 533 g/mol. The highest BCUT2D eigenvalue weighted by molar-refractivity contribution is 6.02. The van der Waals surface area contributed by atoms with E-state index in [1.165, 1.54) is 35.1 Å². The molecule has 0 aromatic carbocycles. The van der Waals surface area contributed by atoms with Gasteiger partial charge in [0.05, 0.1) is 0 Å². The van der Waals surface area contributed by atoms with Gasteiger partial charge < -0.3 is 10.3 Å². The Morgan fingerprint density at radius 1 is 1.05 bits per heavy atom. The number of nitrogens with zero attached hydrogens (tertiary/aromatic N) is 1. The summed E-state index contributed by atoms with van der Waals surface area (Å²) in [4.78, 5) is 2.45. The average Bonchev–Trinajstić information content (AvgIpc) is 2.82. The number of hydrogen-bond donors (Lipinski definition) is 1. The van der Waals surface area contributed by atoms with Crippen molar-refractivity contribution < 1.29 is 0 Å². The van der Waals surface area contributed by atoms with Crippen LogP contribution in [-0.2, 0) is 0 Å². The van der Waals surface area contributed by atoms with Crippen LogP contribution < -0.4 is 0 Å². The lowest BCUT2D eigenvalue weighted by Crippen LogP contribution is -2.45. The number of nitrogens with one attached hydrogen (secondary N) is 1. The van der Waals surface area contributed by atoms with Gasteiger partial charge in [0, 0.05) is 29.9 Å². The van der Waals surface area contributed by atoms with Crippen LogP contribution in [0.15, 0.2) is 59.4 Å². The van der Waals surface area contributed by atoms with E-state index in [1.54, 1.807) is 0 Å². The molecule has 0 spiro atoms. The summed E-state index contributed by atoms with van der Waals surface area (Å²) in [6, 6.07) is 0. The monoisotopic (exact) mass is 532 g/mol. The van der Waals surface area contributed by atoms with Gasteiger partial charge in [-0.1, -0.05) is 93.2 Å². The molecular formula is C37H60N2. The molecule has 1 heterocycles. The maximum atomic E-state index is 9.44. The topological polar surface area (TPSA) is 27.1 Å². The van der Waals surface area contributed by atoms with Gasteiger partial charge in [0.1, 0.15) is 0 Å². The van der Waals surface area contributed by atoms with Crippen LogP contribution in [0, 0.1) is 45.3 Å². The maximum Gasteiger partial charge on any atom is 0.0440 e. The molecule has 39 heavy (non-hydrogen) atoms. The molecule has 5 unspecified atom stereocenters. The Kier molecular flexibility index (Phi) is 9.11. The normalized spacial score (nSPS) is 32.0. The lowest BCUT2D eigenvalue weighted by atomic mass is 9.64. The van der Waals surface area contributed by atoms with Crippen LogP contribution in [-0.4, -0.2) is 22.7 Å². The zero-order chi connectivity index (χ0) is 29.6. The van der Waals surface area contributed by atoms with Crippen molar-refractivity contribution in [2.45, 2.75) is 121 Å². The van der Waals surface area contributed by atoms with Crippen molar-refractivity contribution in [3.05, 3.63) is 59.4 Å². The SMILES string of the molecule is C=C(C1=CC(C)C(C(=N)C2=CN(C(C)(C)C)CCC2(C)CC)C=C1)C1=CCC(C(C)(C)C)C(C)CCC1(C)C. The summed E-state index contributed by atoms with van der Waals surface area (Å²) in [5.41, 5.74) is 6.44. The van der Waals surface area contributed by atoms with Crippen LogP contribution in [0.25, 0.3) is 0 Å². The van der Waals surface area contributed by atoms with E-state index >= 15 is 0 Å². The van der Waals surface area contributed by atoms with Gasteiger partial charge in [-0.05, 0) is 109 Å². The van der Waals surface area contributed by atoms with Crippen LogP contribution in [0.1, 0.15) is 115 Å². The van der Waals surface area contributed by atoms with E-state index in [1.807, 2.05) is 0 Å². The minimum atomic E-state index is 0.0639. The summed E-state index contributed by atoms with van der Waals surface area (Å²) in [5, 5.41) is 9.44. The molecule has 0 radical (unpaired) electrons. The zero-order valence-electron chi connectivity index (χ0n) is 27.6. The fourth-order valence-corrected chi connectivity index (χ4v) is 7.31. The molecule has 3 rings (SSSR count). The van der Waals surface area contributed by atoms with Crippen LogP contribution in [0.4, 0.5) is 0 Å². The molecule has 1 N–H and O–H groups in total. The molecule has 2 aliphatic carbocycles. The number of rotatable bonds is 5. The highest BCUT2D eigenvalue weighted by Crippen LogP contribution is 2.48. The Hall–Kier alpha value is -1.83. The molecule has 0 aromatic rings. The standard InChI is InChI=1S/C37H60N2/c1-14-37(13)21-22-39(35(8,9)10)24-32(37)33(38)29-16-15-28(23-26(29)3)27(4)31-18-17-30(34(5,6)7)25(2)19-20-36(31,11)12/h15-16,18,23-26,29-30,38H,4,14,17,19-22H2,1-3,5-13H3. The Morgan fingerprint density at radius 2 is 1.69 bits per heavy atom. The lowest BCUT2D eigenvalue weighted by Gasteiger charge is -2.46. The van der Waals surface area contributed by atoms with Crippen LogP contribution >= 0.6 is 0 Å². The molecule has 0 saturated heterocycles. The fourth-order valence-electron chi connectivity index (χ4n) is 7.31. The number of hydrogen-bond acceptors (Lipinski definition) is 2. The molecule has 0 amide bonds. The number of allylic oxidation sites excluding steroid dienone is 8. The molecule has 5 atom stereocenters. The highest BCUT2D eigenvalue weighted by Gasteiger charge is 2.39. The first-order chi connectivity index (χ1) is 17.8. The van der Waals surface area contributed by atoms with Crippen molar-refractivity contribution in [2.24, 2.45) is 39.9 Å². The lowest BCUT2D eigenvalue weighted by molar-refractivity contribution is 0.146. The minimum absolute atomic E-state index is 0.0639. The Bertz CT molecular complexity index is 1060. The van der Waals surface area contributed by atoms with E-state index in [9.17, 15) is 5.41 Å². The molecule has 0 fully saturated rings. The van der Waals surface area contributed by atoms with Crippen LogP contribution in [0.3, 0.4) is 0 Å². The molecule has 2 heteroatoms. The van der Waals surface area contributed by atoms with Crippen LogP contribution in [0.5, 0.6) is 0 Å². The Labute approximate surface area is 242 Å². The summed E-state index contributed by atoms with van der Waals surface area (Å²) in [5.74, 6) is 1.78. The van der Waals surface area contributed by atoms with Crippen molar-refractivity contribution in [2.75, 3.05) is 6.54 Å². The zero-order valence-corrected chi connectivity index (χ0v) is 27.6. The first-order valence-electron chi connectivity index (χ1n) is 15.7. The quantitative estimate of drug-likeness (QED) is 0.350. The van der Waals surface area contributed by atoms with Crippen molar-refractivity contribution in [1.82, 2.24) is 4.90 Å². The van der Waals surface area contributed by atoms with E-state index < -0.39 is 0 Å². The third-order valence-electron chi connectivity index (χ3n) is 10.6. The van der Waals surface area contributed by atoms with Crippen LogP contribution in [0.2, 0.25) is 0 Å². The van der Waals surface area contributed by atoms with Gasteiger partial charge in [-0.25, -0.2) is 0 Å². The first kappa shape index (κ1) is 31.7. The third kappa shape index (κ3) is 6.74. The summed E-state index contributed by atoms with van der Waals surface area (Å²) >= 11 is 0. The van der Waals surface area contributed by atoms with Gasteiger partial charge in [-0.15, -0.1) is 0 Å². The van der Waals surface area contributed by atoms with E-state index in [4.69, 9.17) is 0 Å². The summed E-state index contributed by atoms with van der Waals surface area (Å²) in [6.45, 7) is 34.0.